The van der Waals surface area contributed by atoms with E-state index in [1.807, 2.05) is 19.3 Å². The van der Waals surface area contributed by atoms with Crippen LogP contribution in [0.5, 0.6) is 0 Å². The molecule has 6 heteroatoms. The van der Waals surface area contributed by atoms with Gasteiger partial charge in [-0.25, -0.2) is 4.98 Å². The summed E-state index contributed by atoms with van der Waals surface area (Å²) in [6.45, 7) is 21.3. The van der Waals surface area contributed by atoms with Crippen molar-refractivity contribution in [2.45, 2.75) is 94.0 Å². The standard InChI is InChI=1S/C38H41FN4.C4H10.CH4S/c1-10-38(8,41(9)39)32-22-34-30(21-31(32)37-40-15-16-42(37)35-25(4)17-23(2)18-26(35)5)29-13-11-12-14-33(29)43(34)36-27(6)19-24(3)20-28(36)7;1-3-4-2;1-2/h11-22H,10H2,1-9H3;3-4H2,1-2H3;2H,1H3. The number of rotatable bonds is 7. The summed E-state index contributed by atoms with van der Waals surface area (Å²) in [4.78, 5) is 4.94. The molecule has 6 rings (SSSR count). The van der Waals surface area contributed by atoms with E-state index in [1.54, 1.807) is 6.26 Å². The number of imidazole rings is 1. The van der Waals surface area contributed by atoms with Crippen LogP contribution in [0.15, 0.2) is 73.1 Å². The summed E-state index contributed by atoms with van der Waals surface area (Å²) in [5, 5.41) is 3.15. The molecule has 0 bridgehead atoms. The van der Waals surface area contributed by atoms with Crippen LogP contribution < -0.4 is 0 Å². The molecule has 2 aromatic heterocycles. The van der Waals surface area contributed by atoms with Gasteiger partial charge in [0.05, 0.1) is 27.9 Å². The van der Waals surface area contributed by atoms with Gasteiger partial charge in [0.25, 0.3) is 0 Å². The molecule has 1 unspecified atom stereocenters. The zero-order valence-corrected chi connectivity index (χ0v) is 32.6. The van der Waals surface area contributed by atoms with E-state index in [1.165, 1.54) is 59.0 Å². The Bertz CT molecular complexity index is 2020. The van der Waals surface area contributed by atoms with E-state index in [0.29, 0.717) is 6.42 Å². The number of thiol groups is 1. The molecule has 0 fully saturated rings. The average Bonchev–Trinajstić information content (AvgIpc) is 3.67. The van der Waals surface area contributed by atoms with Crippen molar-refractivity contribution in [3.05, 3.63) is 112 Å². The Kier molecular flexibility index (Phi) is 12.2. The van der Waals surface area contributed by atoms with Gasteiger partial charge < -0.3 is 4.57 Å². The third kappa shape index (κ3) is 7.09. The highest BCUT2D eigenvalue weighted by Crippen LogP contribution is 2.44. The first kappa shape index (κ1) is 37.9. The van der Waals surface area contributed by atoms with E-state index in [4.69, 9.17) is 4.98 Å². The topological polar surface area (TPSA) is 26.0 Å². The molecule has 6 aromatic rings. The molecule has 4 aromatic carbocycles. The minimum absolute atomic E-state index is 0.588. The molecule has 4 nitrogen and oxygen atoms in total. The van der Waals surface area contributed by atoms with Gasteiger partial charge in [0.2, 0.25) is 0 Å². The lowest BCUT2D eigenvalue weighted by molar-refractivity contribution is -0.0562. The summed E-state index contributed by atoms with van der Waals surface area (Å²) in [5.74, 6) is 0.813. The van der Waals surface area contributed by atoms with Crippen molar-refractivity contribution < 1.29 is 4.48 Å². The Morgan fingerprint density at radius 2 is 1.27 bits per heavy atom. The highest BCUT2D eigenvalue weighted by Gasteiger charge is 2.35. The monoisotopic (exact) mass is 678 g/mol. The molecule has 1 atom stereocenters. The van der Waals surface area contributed by atoms with Gasteiger partial charge in [-0.3, -0.25) is 4.57 Å². The first-order valence-corrected chi connectivity index (χ1v) is 18.4. The van der Waals surface area contributed by atoms with Crippen molar-refractivity contribution in [2.24, 2.45) is 0 Å². The van der Waals surface area contributed by atoms with E-state index in [0.717, 1.165) is 49.6 Å². The Labute approximate surface area is 299 Å². The molecule has 0 aliphatic carbocycles. The van der Waals surface area contributed by atoms with Crippen LogP contribution in [0.3, 0.4) is 0 Å². The molecule has 0 N–H and O–H groups in total. The molecular formula is C43H55FN4S. The maximum Gasteiger partial charge on any atom is 0.144 e. The van der Waals surface area contributed by atoms with Gasteiger partial charge in [-0.05, 0) is 107 Å². The van der Waals surface area contributed by atoms with E-state index in [9.17, 15) is 0 Å². The minimum atomic E-state index is -0.879. The van der Waals surface area contributed by atoms with Crippen LogP contribution in [0.2, 0.25) is 0 Å². The van der Waals surface area contributed by atoms with Gasteiger partial charge in [0.1, 0.15) is 5.82 Å². The van der Waals surface area contributed by atoms with Crippen molar-refractivity contribution in [3.8, 4) is 22.8 Å². The first-order valence-electron chi connectivity index (χ1n) is 17.5. The van der Waals surface area contributed by atoms with E-state index in [-0.39, 0.29) is 0 Å². The molecule has 2 heterocycles. The predicted octanol–water partition coefficient (Wildman–Crippen LogP) is 12.3. The average molecular weight is 679 g/mol. The molecule has 0 radical (unpaired) electrons. The second kappa shape index (κ2) is 15.8. The lowest BCUT2D eigenvalue weighted by atomic mass is 9.84. The highest BCUT2D eigenvalue weighted by atomic mass is 32.1. The number of hydrogen-bond donors (Lipinski definition) is 1. The van der Waals surface area contributed by atoms with Gasteiger partial charge in [-0.1, -0.05) is 87.2 Å². The maximum atomic E-state index is 15.7. The first-order chi connectivity index (χ1) is 23.4. The van der Waals surface area contributed by atoms with Crippen LogP contribution in [0.1, 0.15) is 85.9 Å². The largest absolute Gasteiger partial charge is 0.309 e. The number of fused-ring (bicyclic) bond motifs is 3. The van der Waals surface area contributed by atoms with Crippen LogP contribution in [0.4, 0.5) is 4.48 Å². The zero-order valence-electron chi connectivity index (χ0n) is 31.7. The number of hydrogen-bond acceptors (Lipinski definition) is 3. The molecule has 0 spiro atoms. The molecule has 49 heavy (non-hydrogen) atoms. The number of aryl methyl sites for hydroxylation is 6. The van der Waals surface area contributed by atoms with E-state index < -0.39 is 5.54 Å². The van der Waals surface area contributed by atoms with Gasteiger partial charge in [-0.2, -0.15) is 12.6 Å². The molecule has 260 valence electrons. The number of halogens is 1. The number of nitrogens with zero attached hydrogens (tertiary/aromatic N) is 4. The van der Waals surface area contributed by atoms with Crippen molar-refractivity contribution >= 4 is 34.4 Å². The molecule has 0 amide bonds. The van der Waals surface area contributed by atoms with E-state index in [2.05, 4.69) is 145 Å². The summed E-state index contributed by atoms with van der Waals surface area (Å²) in [6, 6.07) is 21.9. The predicted molar refractivity (Wildman–Crippen MR) is 214 cm³/mol. The third-order valence-electron chi connectivity index (χ3n) is 9.88. The fourth-order valence-corrected chi connectivity index (χ4v) is 7.22. The Balaban J connectivity index is 0.000000841. The quantitative estimate of drug-likeness (QED) is 0.134. The molecule has 0 aliphatic heterocycles. The molecule has 0 saturated heterocycles. The smallest absolute Gasteiger partial charge is 0.144 e. The van der Waals surface area contributed by atoms with Gasteiger partial charge >= 0.3 is 0 Å². The summed E-state index contributed by atoms with van der Waals surface area (Å²) >= 11 is 3.53. The van der Waals surface area contributed by atoms with Crippen molar-refractivity contribution in [1.29, 1.82) is 0 Å². The molecule has 0 saturated carbocycles. The summed E-state index contributed by atoms with van der Waals surface area (Å²) in [5.41, 5.74) is 12.7. The van der Waals surface area contributed by atoms with Crippen LogP contribution >= 0.6 is 12.6 Å². The number of aromatic nitrogens is 3. The number of benzene rings is 4. The SMILES string of the molecule is CCC(C)(c1cc2c(cc1-c1nccn1-c1c(C)cc(C)cc1C)c1ccccc1n2-c1c(C)cc(C)cc1C)N(C)F.CCCC.CS. The molecular weight excluding hydrogens is 624 g/mol. The number of para-hydroxylation sites is 1. The number of unbranched alkanes of at least 4 members (excludes halogenated alkanes) is 1. The third-order valence-corrected chi connectivity index (χ3v) is 9.88. The molecule has 0 aliphatic rings. The van der Waals surface area contributed by atoms with Crippen LogP contribution in [0, 0.1) is 41.5 Å². The highest BCUT2D eigenvalue weighted by molar-refractivity contribution is 7.79. The summed E-state index contributed by atoms with van der Waals surface area (Å²) < 4.78 is 20.2. The van der Waals surface area contributed by atoms with Gasteiger partial charge in [0.15, 0.2) is 0 Å². The van der Waals surface area contributed by atoms with Crippen molar-refractivity contribution in [3.63, 3.8) is 0 Å². The lowest BCUT2D eigenvalue weighted by Crippen LogP contribution is -2.36. The van der Waals surface area contributed by atoms with Crippen LogP contribution in [-0.4, -0.2) is 32.5 Å². The summed E-state index contributed by atoms with van der Waals surface area (Å²) in [7, 11) is 1.53. The van der Waals surface area contributed by atoms with Crippen LogP contribution in [-0.2, 0) is 5.54 Å². The fourth-order valence-electron chi connectivity index (χ4n) is 7.22. The van der Waals surface area contributed by atoms with Gasteiger partial charge in [-0.15, -0.1) is 9.60 Å². The van der Waals surface area contributed by atoms with Crippen LogP contribution in [0.25, 0.3) is 44.6 Å². The minimum Gasteiger partial charge on any atom is -0.309 e. The Morgan fingerprint density at radius 1 is 0.735 bits per heavy atom. The maximum absolute atomic E-state index is 15.7. The lowest BCUT2D eigenvalue weighted by Gasteiger charge is -2.34. The normalized spacial score (nSPS) is 12.5. The Morgan fingerprint density at radius 3 is 1.78 bits per heavy atom. The van der Waals surface area contributed by atoms with Gasteiger partial charge in [0, 0.05) is 35.8 Å². The van der Waals surface area contributed by atoms with Crippen molar-refractivity contribution in [2.75, 3.05) is 13.3 Å². The summed E-state index contributed by atoms with van der Waals surface area (Å²) in [6.07, 6.45) is 8.80. The Hall–Kier alpha value is -3.87. The fraction of sp³-hybridized carbons (Fsp3) is 0.372. The van der Waals surface area contributed by atoms with E-state index >= 15 is 4.48 Å². The van der Waals surface area contributed by atoms with Crippen molar-refractivity contribution in [1.82, 2.24) is 19.2 Å². The second-order valence-corrected chi connectivity index (χ2v) is 13.5. The zero-order chi connectivity index (χ0) is 36.2. The second-order valence-electron chi connectivity index (χ2n) is 13.5.